The van der Waals surface area contributed by atoms with Crippen LogP contribution in [-0.4, -0.2) is 0 Å². The van der Waals surface area contributed by atoms with E-state index < -0.39 is 0 Å². The summed E-state index contributed by atoms with van der Waals surface area (Å²) in [7, 11) is 0. The highest BCUT2D eigenvalue weighted by molar-refractivity contribution is 5.78. The number of rotatable bonds is 3. The summed E-state index contributed by atoms with van der Waals surface area (Å²) in [6.07, 6.45) is 0. The van der Waals surface area contributed by atoms with Crippen molar-refractivity contribution in [1.29, 1.82) is 0 Å². The van der Waals surface area contributed by atoms with E-state index in [1.165, 1.54) is 33.4 Å². The zero-order valence-corrected chi connectivity index (χ0v) is 13.6. The second-order valence-corrected chi connectivity index (χ2v) is 6.35. The smallest absolute Gasteiger partial charge is 0.0593 e. The van der Waals surface area contributed by atoms with Crippen molar-refractivity contribution in [2.24, 2.45) is 0 Å². The van der Waals surface area contributed by atoms with Gasteiger partial charge in [0.15, 0.2) is 0 Å². The van der Waals surface area contributed by atoms with E-state index in [4.69, 9.17) is 0 Å². The summed E-state index contributed by atoms with van der Waals surface area (Å²) in [5, 5.41) is 3.85. The fraction of sp³-hybridized carbons (Fsp3) is 0.182. The zero-order chi connectivity index (χ0) is 15.8. The van der Waals surface area contributed by atoms with Gasteiger partial charge in [-0.3, -0.25) is 5.32 Å². The van der Waals surface area contributed by atoms with E-state index in [9.17, 15) is 0 Å². The lowest BCUT2D eigenvalue weighted by atomic mass is 9.99. The van der Waals surface area contributed by atoms with Gasteiger partial charge >= 0.3 is 0 Å². The summed E-state index contributed by atoms with van der Waals surface area (Å²) in [6, 6.07) is 26.7. The third-order valence-corrected chi connectivity index (χ3v) is 4.91. The van der Waals surface area contributed by atoms with Crippen LogP contribution in [0.4, 0.5) is 0 Å². The number of fused-ring (bicyclic) bond motifs is 3. The molecular weight excluding hydrogens is 278 g/mol. The van der Waals surface area contributed by atoms with Crippen LogP contribution in [0.5, 0.6) is 0 Å². The monoisotopic (exact) mass is 299 g/mol. The van der Waals surface area contributed by atoms with E-state index in [-0.39, 0.29) is 6.04 Å². The topological polar surface area (TPSA) is 12.0 Å². The third kappa shape index (κ3) is 2.38. The largest absolute Gasteiger partial charge is 0.300 e. The highest BCUT2D eigenvalue weighted by Crippen LogP contribution is 2.44. The summed E-state index contributed by atoms with van der Waals surface area (Å²) >= 11 is 0. The van der Waals surface area contributed by atoms with Gasteiger partial charge in [-0.15, -0.1) is 0 Å². The van der Waals surface area contributed by atoms with E-state index >= 15 is 0 Å². The van der Waals surface area contributed by atoms with Crippen molar-refractivity contribution in [2.45, 2.75) is 25.9 Å². The molecule has 4 rings (SSSR count). The number of nitrogens with one attached hydrogen (secondary N) is 1. The Morgan fingerprint density at radius 2 is 1.26 bits per heavy atom. The molecule has 1 N–H and O–H groups in total. The van der Waals surface area contributed by atoms with Crippen molar-refractivity contribution >= 4 is 0 Å². The highest BCUT2D eigenvalue weighted by Gasteiger charge is 2.29. The van der Waals surface area contributed by atoms with Crippen molar-refractivity contribution < 1.29 is 0 Å². The quantitative estimate of drug-likeness (QED) is 0.681. The Balaban J connectivity index is 1.73. The van der Waals surface area contributed by atoms with Crippen molar-refractivity contribution in [2.75, 3.05) is 0 Å². The van der Waals surface area contributed by atoms with Gasteiger partial charge in [0.05, 0.1) is 6.04 Å². The maximum Gasteiger partial charge on any atom is 0.0593 e. The van der Waals surface area contributed by atoms with E-state index in [1.807, 2.05) is 0 Å². The first-order valence-electron chi connectivity index (χ1n) is 8.25. The second kappa shape index (κ2) is 5.68. The molecule has 3 aromatic rings. The van der Waals surface area contributed by atoms with Crippen LogP contribution in [0.15, 0.2) is 72.8 Å². The van der Waals surface area contributed by atoms with Gasteiger partial charge in [0.25, 0.3) is 0 Å². The average Bonchev–Trinajstić information content (AvgIpc) is 2.90. The first kappa shape index (κ1) is 14.2. The summed E-state index contributed by atoms with van der Waals surface area (Å²) in [4.78, 5) is 0. The standard InChI is InChI=1S/C22H21N/c1-15-9-3-4-10-17(15)16(2)23-22-20-13-7-5-11-18(20)19-12-6-8-14-21(19)22/h3-14,16,22-23H,1-2H3/t16-/m0/s1. The lowest BCUT2D eigenvalue weighted by Crippen LogP contribution is -2.24. The Morgan fingerprint density at radius 1 is 0.739 bits per heavy atom. The van der Waals surface area contributed by atoms with Crippen LogP contribution in [0.25, 0.3) is 11.1 Å². The minimum absolute atomic E-state index is 0.261. The molecule has 0 amide bonds. The molecule has 1 aliphatic carbocycles. The van der Waals surface area contributed by atoms with Gasteiger partial charge in [-0.1, -0.05) is 72.8 Å². The Hall–Kier alpha value is -2.38. The van der Waals surface area contributed by atoms with Gasteiger partial charge in [0, 0.05) is 6.04 Å². The van der Waals surface area contributed by atoms with Gasteiger partial charge in [0.2, 0.25) is 0 Å². The molecule has 3 aromatic carbocycles. The van der Waals surface area contributed by atoms with Gasteiger partial charge < -0.3 is 0 Å². The number of hydrogen-bond donors (Lipinski definition) is 1. The maximum atomic E-state index is 3.85. The summed E-state index contributed by atoms with van der Waals surface area (Å²) in [5.74, 6) is 0. The fourth-order valence-corrected chi connectivity index (χ4v) is 3.75. The molecule has 1 aliphatic rings. The minimum atomic E-state index is 0.261. The van der Waals surface area contributed by atoms with E-state index in [0.717, 1.165) is 0 Å². The molecular formula is C22H21N. The number of hydrogen-bond acceptors (Lipinski definition) is 1. The van der Waals surface area contributed by atoms with Crippen molar-refractivity contribution in [3.8, 4) is 11.1 Å². The normalized spacial score (nSPS) is 14.3. The molecule has 0 saturated carbocycles. The predicted molar refractivity (Wildman–Crippen MR) is 96.5 cm³/mol. The fourth-order valence-electron chi connectivity index (χ4n) is 3.75. The van der Waals surface area contributed by atoms with Crippen LogP contribution in [0.1, 0.15) is 41.3 Å². The Kier molecular flexibility index (Phi) is 3.51. The Bertz CT molecular complexity index is 804. The highest BCUT2D eigenvalue weighted by atomic mass is 15.0. The maximum absolute atomic E-state index is 3.85. The summed E-state index contributed by atoms with van der Waals surface area (Å²) in [5.41, 5.74) is 8.19. The van der Waals surface area contributed by atoms with Crippen molar-refractivity contribution in [3.63, 3.8) is 0 Å². The molecule has 0 heterocycles. The number of aryl methyl sites for hydroxylation is 1. The van der Waals surface area contributed by atoms with Gasteiger partial charge in [-0.05, 0) is 47.2 Å². The van der Waals surface area contributed by atoms with Gasteiger partial charge in [-0.2, -0.15) is 0 Å². The molecule has 0 spiro atoms. The van der Waals surface area contributed by atoms with Gasteiger partial charge in [-0.25, -0.2) is 0 Å². The van der Waals surface area contributed by atoms with Crippen LogP contribution >= 0.6 is 0 Å². The third-order valence-electron chi connectivity index (χ3n) is 4.91. The summed E-state index contributed by atoms with van der Waals surface area (Å²) < 4.78 is 0. The Labute approximate surface area is 138 Å². The molecule has 114 valence electrons. The molecule has 0 unspecified atom stereocenters. The molecule has 0 aliphatic heterocycles. The van der Waals surface area contributed by atoms with Crippen LogP contribution in [0.2, 0.25) is 0 Å². The van der Waals surface area contributed by atoms with Crippen molar-refractivity contribution in [1.82, 2.24) is 5.32 Å². The van der Waals surface area contributed by atoms with Crippen molar-refractivity contribution in [3.05, 3.63) is 95.1 Å². The molecule has 23 heavy (non-hydrogen) atoms. The molecule has 1 atom stereocenters. The van der Waals surface area contributed by atoms with E-state index in [2.05, 4.69) is 92.0 Å². The second-order valence-electron chi connectivity index (χ2n) is 6.35. The summed E-state index contributed by atoms with van der Waals surface area (Å²) in [6.45, 7) is 4.44. The zero-order valence-electron chi connectivity index (χ0n) is 13.6. The SMILES string of the molecule is Cc1ccccc1[C@H](C)NC1c2ccccc2-c2ccccc21. The molecule has 0 bridgehead atoms. The van der Waals surface area contributed by atoms with Crippen LogP contribution in [-0.2, 0) is 0 Å². The van der Waals surface area contributed by atoms with Crippen LogP contribution < -0.4 is 5.32 Å². The van der Waals surface area contributed by atoms with Crippen LogP contribution in [0.3, 0.4) is 0 Å². The van der Waals surface area contributed by atoms with Gasteiger partial charge in [0.1, 0.15) is 0 Å². The number of benzene rings is 3. The van der Waals surface area contributed by atoms with E-state index in [0.29, 0.717) is 6.04 Å². The molecule has 0 radical (unpaired) electrons. The average molecular weight is 299 g/mol. The Morgan fingerprint density at radius 3 is 1.87 bits per heavy atom. The minimum Gasteiger partial charge on any atom is -0.300 e. The molecule has 0 fully saturated rings. The lowest BCUT2D eigenvalue weighted by molar-refractivity contribution is 0.521. The first-order valence-corrected chi connectivity index (χ1v) is 8.25. The molecule has 1 nitrogen and oxygen atoms in total. The van der Waals surface area contributed by atoms with E-state index in [1.54, 1.807) is 0 Å². The van der Waals surface area contributed by atoms with Crippen LogP contribution in [0, 0.1) is 6.92 Å². The molecule has 0 aromatic heterocycles. The lowest BCUT2D eigenvalue weighted by Gasteiger charge is -2.23. The molecule has 0 saturated heterocycles. The molecule has 1 heteroatoms. The predicted octanol–water partition coefficient (Wildman–Crippen LogP) is 5.42. The first-order chi connectivity index (χ1) is 11.3.